The first-order valence-corrected chi connectivity index (χ1v) is 5.87. The Morgan fingerprint density at radius 2 is 2.25 bits per heavy atom. The van der Waals surface area contributed by atoms with Gasteiger partial charge in [0, 0.05) is 18.9 Å². The van der Waals surface area contributed by atoms with Crippen molar-refractivity contribution >= 4 is 16.3 Å². The van der Waals surface area contributed by atoms with E-state index >= 15 is 0 Å². The molecule has 0 unspecified atom stereocenters. The van der Waals surface area contributed by atoms with Gasteiger partial charge < -0.3 is 5.11 Å². The van der Waals surface area contributed by atoms with E-state index in [9.17, 15) is 13.2 Å². The van der Waals surface area contributed by atoms with Crippen LogP contribution < -0.4 is 9.44 Å². The Labute approximate surface area is 92.7 Å². The van der Waals surface area contributed by atoms with Crippen molar-refractivity contribution in [1.82, 2.24) is 14.4 Å². The predicted molar refractivity (Wildman–Crippen MR) is 56.0 cm³/mol. The molecule has 1 heterocycles. The van der Waals surface area contributed by atoms with E-state index in [2.05, 4.69) is 9.71 Å². The molecule has 1 amide bonds. The summed E-state index contributed by atoms with van der Waals surface area (Å²) >= 11 is 0. The second kappa shape index (κ2) is 5.42. The van der Waals surface area contributed by atoms with Gasteiger partial charge in [-0.05, 0) is 18.1 Å². The van der Waals surface area contributed by atoms with Crippen LogP contribution in [0, 0.1) is 0 Å². The maximum atomic E-state index is 11.0. The first-order valence-electron chi connectivity index (χ1n) is 4.39. The number of aromatic nitrogens is 1. The highest BCUT2D eigenvalue weighted by Gasteiger charge is 2.11. The summed E-state index contributed by atoms with van der Waals surface area (Å²) in [6, 6.07) is 3.53. The first-order chi connectivity index (χ1) is 7.49. The smallest absolute Gasteiger partial charge is 0.419 e. The van der Waals surface area contributed by atoms with Gasteiger partial charge in [-0.2, -0.15) is 13.1 Å². The van der Waals surface area contributed by atoms with E-state index in [0.29, 0.717) is 6.42 Å². The molecular weight excluding hydrogens is 234 g/mol. The Balaban J connectivity index is 2.39. The molecular formula is C8H11N3O4S. The van der Waals surface area contributed by atoms with E-state index in [4.69, 9.17) is 5.11 Å². The molecule has 7 nitrogen and oxygen atoms in total. The summed E-state index contributed by atoms with van der Waals surface area (Å²) in [5.74, 6) is 0. The molecule has 0 aliphatic carbocycles. The van der Waals surface area contributed by atoms with Gasteiger partial charge in [-0.1, -0.05) is 6.07 Å². The van der Waals surface area contributed by atoms with Crippen LogP contribution in [0.3, 0.4) is 0 Å². The highest BCUT2D eigenvalue weighted by molar-refractivity contribution is 7.88. The van der Waals surface area contributed by atoms with Crippen molar-refractivity contribution in [2.75, 3.05) is 6.54 Å². The standard InChI is InChI=1S/C8H11N3O4S/c12-8(13)11-16(14,15)10-5-3-7-2-1-4-9-6-7/h1-2,4,6,10-11H,3,5H2,(H,12,13). The molecule has 0 aliphatic heterocycles. The fourth-order valence-corrected chi connectivity index (χ4v) is 1.70. The van der Waals surface area contributed by atoms with Crippen molar-refractivity contribution in [2.24, 2.45) is 0 Å². The van der Waals surface area contributed by atoms with E-state index in [0.717, 1.165) is 5.56 Å². The Bertz CT molecular complexity index is 446. The number of amides is 1. The molecule has 88 valence electrons. The van der Waals surface area contributed by atoms with Crippen molar-refractivity contribution in [1.29, 1.82) is 0 Å². The molecule has 0 aromatic carbocycles. The Hall–Kier alpha value is -1.67. The van der Waals surface area contributed by atoms with Crippen molar-refractivity contribution < 1.29 is 18.3 Å². The maximum Gasteiger partial charge on any atom is 0.419 e. The molecule has 0 fully saturated rings. The van der Waals surface area contributed by atoms with Crippen LogP contribution in [0.25, 0.3) is 0 Å². The van der Waals surface area contributed by atoms with Crippen LogP contribution in [0.1, 0.15) is 5.56 Å². The highest BCUT2D eigenvalue weighted by Crippen LogP contribution is 1.95. The Morgan fingerprint density at radius 1 is 1.50 bits per heavy atom. The molecule has 16 heavy (non-hydrogen) atoms. The van der Waals surface area contributed by atoms with E-state index in [1.807, 2.05) is 0 Å². The minimum Gasteiger partial charge on any atom is -0.464 e. The molecule has 3 N–H and O–H groups in total. The second-order valence-corrected chi connectivity index (χ2v) is 4.42. The van der Waals surface area contributed by atoms with Gasteiger partial charge in [-0.3, -0.25) is 4.98 Å². The third kappa shape index (κ3) is 4.71. The fourth-order valence-electron chi connectivity index (χ4n) is 1.03. The Morgan fingerprint density at radius 3 is 2.81 bits per heavy atom. The van der Waals surface area contributed by atoms with E-state index < -0.39 is 16.3 Å². The molecule has 0 aliphatic rings. The molecule has 8 heteroatoms. The van der Waals surface area contributed by atoms with E-state index in [-0.39, 0.29) is 6.54 Å². The van der Waals surface area contributed by atoms with Gasteiger partial charge in [0.1, 0.15) is 0 Å². The van der Waals surface area contributed by atoms with Gasteiger partial charge in [-0.25, -0.2) is 9.52 Å². The third-order valence-electron chi connectivity index (χ3n) is 1.65. The number of hydrogen-bond acceptors (Lipinski definition) is 4. The summed E-state index contributed by atoms with van der Waals surface area (Å²) in [7, 11) is -3.97. The molecule has 0 spiro atoms. The van der Waals surface area contributed by atoms with Crippen LogP contribution in [0.15, 0.2) is 24.5 Å². The average molecular weight is 245 g/mol. The monoisotopic (exact) mass is 245 g/mol. The lowest BCUT2D eigenvalue weighted by molar-refractivity contribution is 0.201. The van der Waals surface area contributed by atoms with E-state index in [1.165, 1.54) is 4.72 Å². The molecule has 1 rings (SSSR count). The quantitative estimate of drug-likeness (QED) is 0.661. The highest BCUT2D eigenvalue weighted by atomic mass is 32.2. The largest absolute Gasteiger partial charge is 0.464 e. The van der Waals surface area contributed by atoms with Crippen molar-refractivity contribution in [2.45, 2.75) is 6.42 Å². The normalized spacial score (nSPS) is 11.0. The molecule has 0 radical (unpaired) electrons. The zero-order chi connectivity index (χ0) is 12.0. The van der Waals surface area contributed by atoms with Crippen LogP contribution >= 0.6 is 0 Å². The van der Waals surface area contributed by atoms with Crippen molar-refractivity contribution in [3.63, 3.8) is 0 Å². The number of pyridine rings is 1. The van der Waals surface area contributed by atoms with Crippen LogP contribution in [0.4, 0.5) is 4.79 Å². The number of nitrogens with zero attached hydrogens (tertiary/aromatic N) is 1. The zero-order valence-electron chi connectivity index (χ0n) is 8.25. The summed E-state index contributed by atoms with van der Waals surface area (Å²) in [5, 5.41) is 8.23. The van der Waals surface area contributed by atoms with Gasteiger partial charge in [0.25, 0.3) is 0 Å². The van der Waals surface area contributed by atoms with Crippen LogP contribution in [0.5, 0.6) is 0 Å². The Kier molecular flexibility index (Phi) is 4.20. The topological polar surface area (TPSA) is 108 Å². The molecule has 0 saturated heterocycles. The van der Waals surface area contributed by atoms with Gasteiger partial charge in [0.2, 0.25) is 0 Å². The third-order valence-corrected chi connectivity index (χ3v) is 2.68. The fraction of sp³-hybridized carbons (Fsp3) is 0.250. The summed E-state index contributed by atoms with van der Waals surface area (Å²) in [5.41, 5.74) is 0.862. The predicted octanol–water partition coefficient (Wildman–Crippen LogP) is -0.274. The lowest BCUT2D eigenvalue weighted by Crippen LogP contribution is -2.40. The lowest BCUT2D eigenvalue weighted by Gasteiger charge is -2.05. The second-order valence-electron chi connectivity index (χ2n) is 2.92. The van der Waals surface area contributed by atoms with Gasteiger partial charge in [0.15, 0.2) is 0 Å². The van der Waals surface area contributed by atoms with Gasteiger partial charge >= 0.3 is 16.3 Å². The minimum atomic E-state index is -3.97. The van der Waals surface area contributed by atoms with Gasteiger partial charge in [-0.15, -0.1) is 0 Å². The number of nitrogens with one attached hydrogen (secondary N) is 2. The van der Waals surface area contributed by atoms with E-state index in [1.54, 1.807) is 24.5 Å². The lowest BCUT2D eigenvalue weighted by atomic mass is 10.2. The maximum absolute atomic E-state index is 11.0. The summed E-state index contributed by atoms with van der Waals surface area (Å²) < 4.78 is 25.5. The SMILES string of the molecule is O=C(O)NS(=O)(=O)NCCc1cccnc1. The number of carboxylic acid groups (broad SMARTS) is 1. The van der Waals surface area contributed by atoms with Gasteiger partial charge in [0.05, 0.1) is 0 Å². The van der Waals surface area contributed by atoms with Crippen LogP contribution in [-0.4, -0.2) is 31.1 Å². The van der Waals surface area contributed by atoms with Crippen LogP contribution in [0.2, 0.25) is 0 Å². The average Bonchev–Trinajstić information content (AvgIpc) is 2.16. The zero-order valence-corrected chi connectivity index (χ0v) is 9.07. The van der Waals surface area contributed by atoms with Crippen molar-refractivity contribution in [3.05, 3.63) is 30.1 Å². The molecule has 0 atom stereocenters. The summed E-state index contributed by atoms with van der Waals surface area (Å²) in [4.78, 5) is 14.0. The minimum absolute atomic E-state index is 0.105. The number of hydrogen-bond donors (Lipinski definition) is 3. The molecule has 0 bridgehead atoms. The number of rotatable bonds is 5. The van der Waals surface area contributed by atoms with Crippen molar-refractivity contribution in [3.8, 4) is 0 Å². The number of carbonyl (C=O) groups is 1. The molecule has 1 aromatic heterocycles. The summed E-state index contributed by atoms with van der Waals surface area (Å²) in [6.07, 6.45) is 2.04. The molecule has 1 aromatic rings. The molecule has 0 saturated carbocycles. The first kappa shape index (κ1) is 12.4. The summed E-state index contributed by atoms with van der Waals surface area (Å²) in [6.45, 7) is 0.105. The van der Waals surface area contributed by atoms with Crippen LogP contribution in [-0.2, 0) is 16.6 Å².